The van der Waals surface area contributed by atoms with Crippen LogP contribution in [0.25, 0.3) is 11.0 Å². The van der Waals surface area contributed by atoms with Crippen molar-refractivity contribution in [3.63, 3.8) is 0 Å². The summed E-state index contributed by atoms with van der Waals surface area (Å²) < 4.78 is 26.4. The first kappa shape index (κ1) is 13.1. The second-order valence-corrected chi connectivity index (χ2v) is 6.75. The Balaban J connectivity index is 2.21. The first-order chi connectivity index (χ1) is 9.48. The molecule has 0 aliphatic carbocycles. The summed E-state index contributed by atoms with van der Waals surface area (Å²) in [7, 11) is -3.64. The Labute approximate surface area is 121 Å². The molecule has 0 unspecified atom stereocenters. The van der Waals surface area contributed by atoms with Crippen LogP contribution in [0.2, 0.25) is 5.02 Å². The molecule has 0 bridgehead atoms. The molecule has 4 nitrogen and oxygen atoms in total. The topological polar surface area (TPSA) is 52.0 Å². The van der Waals surface area contributed by atoms with E-state index in [1.54, 1.807) is 36.4 Å². The van der Waals surface area contributed by atoms with Gasteiger partial charge in [-0.05, 0) is 31.2 Å². The lowest BCUT2D eigenvalue weighted by atomic mass is 10.2. The van der Waals surface area contributed by atoms with E-state index in [2.05, 4.69) is 4.98 Å². The van der Waals surface area contributed by atoms with Crippen LogP contribution < -0.4 is 0 Å². The molecule has 0 fully saturated rings. The van der Waals surface area contributed by atoms with Gasteiger partial charge < -0.3 is 0 Å². The molecule has 3 rings (SSSR count). The average Bonchev–Trinajstić information content (AvgIpc) is 2.82. The van der Waals surface area contributed by atoms with Crippen molar-refractivity contribution in [3.05, 3.63) is 59.4 Å². The van der Waals surface area contributed by atoms with Crippen LogP contribution >= 0.6 is 11.6 Å². The minimum atomic E-state index is -3.64. The fourth-order valence-corrected chi connectivity index (χ4v) is 3.47. The van der Waals surface area contributed by atoms with Crippen molar-refractivity contribution in [1.29, 1.82) is 0 Å². The van der Waals surface area contributed by atoms with Gasteiger partial charge in [0.1, 0.15) is 0 Å². The first-order valence-corrected chi connectivity index (χ1v) is 7.75. The van der Waals surface area contributed by atoms with Gasteiger partial charge in [-0.3, -0.25) is 0 Å². The molecule has 0 saturated carbocycles. The van der Waals surface area contributed by atoms with Gasteiger partial charge >= 0.3 is 0 Å². The summed E-state index contributed by atoms with van der Waals surface area (Å²) >= 11 is 5.86. The van der Waals surface area contributed by atoms with Crippen molar-refractivity contribution in [3.8, 4) is 0 Å². The third-order valence-electron chi connectivity index (χ3n) is 3.04. The van der Waals surface area contributed by atoms with Gasteiger partial charge in [-0.15, -0.1) is 0 Å². The molecule has 0 amide bonds. The fourth-order valence-electron chi connectivity index (χ4n) is 1.99. The van der Waals surface area contributed by atoms with E-state index in [-0.39, 0.29) is 4.90 Å². The van der Waals surface area contributed by atoms with E-state index in [1.807, 2.05) is 6.92 Å². The van der Waals surface area contributed by atoms with Crippen LogP contribution in [0.4, 0.5) is 0 Å². The summed E-state index contributed by atoms with van der Waals surface area (Å²) in [6, 6.07) is 10.1. The van der Waals surface area contributed by atoms with Crippen LogP contribution in [0.5, 0.6) is 0 Å². The molecule has 0 saturated heterocycles. The SMILES string of the molecule is Cc1ccc(S(=O)(=O)n2ccc3cc(Cl)cnc32)cc1. The smallest absolute Gasteiger partial charge is 0.236 e. The lowest BCUT2D eigenvalue weighted by Gasteiger charge is -2.07. The monoisotopic (exact) mass is 306 g/mol. The highest BCUT2D eigenvalue weighted by molar-refractivity contribution is 7.90. The average molecular weight is 307 g/mol. The Morgan fingerprint density at radius 3 is 2.55 bits per heavy atom. The summed E-state index contributed by atoms with van der Waals surface area (Å²) in [5.41, 5.74) is 1.38. The zero-order valence-corrected chi connectivity index (χ0v) is 12.2. The Morgan fingerprint density at radius 1 is 1.15 bits per heavy atom. The molecule has 2 aromatic heterocycles. The van der Waals surface area contributed by atoms with Crippen molar-refractivity contribution in [1.82, 2.24) is 8.96 Å². The number of rotatable bonds is 2. The van der Waals surface area contributed by atoms with Gasteiger partial charge in [-0.25, -0.2) is 17.4 Å². The molecular formula is C14H11ClN2O2S. The summed E-state index contributed by atoms with van der Waals surface area (Å²) in [4.78, 5) is 4.34. The maximum atomic E-state index is 12.6. The lowest BCUT2D eigenvalue weighted by Crippen LogP contribution is -2.12. The highest BCUT2D eigenvalue weighted by Crippen LogP contribution is 2.22. The van der Waals surface area contributed by atoms with Crippen LogP contribution in [0.3, 0.4) is 0 Å². The molecule has 6 heteroatoms. The number of pyridine rings is 1. The number of nitrogens with zero attached hydrogens (tertiary/aromatic N) is 2. The summed E-state index contributed by atoms with van der Waals surface area (Å²) in [5, 5.41) is 1.16. The van der Waals surface area contributed by atoms with Gasteiger partial charge in [0, 0.05) is 17.8 Å². The maximum Gasteiger partial charge on any atom is 0.269 e. The zero-order chi connectivity index (χ0) is 14.3. The third kappa shape index (κ3) is 2.09. The Kier molecular flexibility index (Phi) is 3.03. The van der Waals surface area contributed by atoms with Crippen molar-refractivity contribution in [2.24, 2.45) is 0 Å². The van der Waals surface area contributed by atoms with Gasteiger partial charge in [0.25, 0.3) is 10.0 Å². The molecule has 0 atom stereocenters. The predicted molar refractivity (Wildman–Crippen MR) is 78.5 cm³/mol. The number of hydrogen-bond acceptors (Lipinski definition) is 3. The molecular weight excluding hydrogens is 296 g/mol. The fraction of sp³-hybridized carbons (Fsp3) is 0.0714. The number of halogens is 1. The van der Waals surface area contributed by atoms with Gasteiger partial charge in [0.2, 0.25) is 0 Å². The second kappa shape index (κ2) is 4.61. The van der Waals surface area contributed by atoms with Gasteiger partial charge in [0.05, 0.1) is 9.92 Å². The number of benzene rings is 1. The molecule has 0 spiro atoms. The highest BCUT2D eigenvalue weighted by Gasteiger charge is 2.19. The van der Waals surface area contributed by atoms with Gasteiger partial charge in [-0.2, -0.15) is 0 Å². The van der Waals surface area contributed by atoms with E-state index in [9.17, 15) is 8.42 Å². The van der Waals surface area contributed by atoms with Crippen molar-refractivity contribution in [2.45, 2.75) is 11.8 Å². The number of hydrogen-bond donors (Lipinski definition) is 0. The Bertz CT molecular complexity index is 883. The zero-order valence-electron chi connectivity index (χ0n) is 10.6. The number of fused-ring (bicyclic) bond motifs is 1. The molecule has 102 valence electrons. The van der Waals surface area contributed by atoms with Crippen LogP contribution in [-0.2, 0) is 10.0 Å². The van der Waals surface area contributed by atoms with E-state index in [1.165, 1.54) is 16.4 Å². The standard InChI is InChI=1S/C14H11ClN2O2S/c1-10-2-4-13(5-3-10)20(18,19)17-7-6-11-8-12(15)9-16-14(11)17/h2-9H,1H3. The quantitative estimate of drug-likeness (QED) is 0.730. The van der Waals surface area contributed by atoms with E-state index in [0.29, 0.717) is 16.1 Å². The minimum absolute atomic E-state index is 0.234. The molecule has 0 N–H and O–H groups in total. The highest BCUT2D eigenvalue weighted by atomic mass is 35.5. The normalized spacial score (nSPS) is 11.9. The Morgan fingerprint density at radius 2 is 1.85 bits per heavy atom. The van der Waals surface area contributed by atoms with Crippen LogP contribution in [0, 0.1) is 6.92 Å². The van der Waals surface area contributed by atoms with Crippen LogP contribution in [-0.4, -0.2) is 17.4 Å². The van der Waals surface area contributed by atoms with Crippen molar-refractivity contribution in [2.75, 3.05) is 0 Å². The van der Waals surface area contributed by atoms with E-state index < -0.39 is 10.0 Å². The molecule has 0 radical (unpaired) electrons. The van der Waals surface area contributed by atoms with Gasteiger partial charge in [0.15, 0.2) is 5.65 Å². The first-order valence-electron chi connectivity index (χ1n) is 5.93. The second-order valence-electron chi connectivity index (χ2n) is 4.50. The van der Waals surface area contributed by atoms with E-state index >= 15 is 0 Å². The minimum Gasteiger partial charge on any atom is -0.236 e. The molecule has 2 heterocycles. The summed E-state index contributed by atoms with van der Waals surface area (Å²) in [6.45, 7) is 1.91. The van der Waals surface area contributed by atoms with Crippen LogP contribution in [0.1, 0.15) is 5.56 Å². The largest absolute Gasteiger partial charge is 0.269 e. The number of aryl methyl sites for hydroxylation is 1. The van der Waals surface area contributed by atoms with E-state index in [0.717, 1.165) is 5.56 Å². The lowest BCUT2D eigenvalue weighted by molar-refractivity contribution is 0.588. The molecule has 20 heavy (non-hydrogen) atoms. The molecule has 1 aromatic carbocycles. The maximum absolute atomic E-state index is 12.6. The number of aromatic nitrogens is 2. The molecule has 0 aliphatic heterocycles. The molecule has 0 aliphatic rings. The summed E-state index contributed by atoms with van der Waals surface area (Å²) in [5.74, 6) is 0. The van der Waals surface area contributed by atoms with Gasteiger partial charge in [-0.1, -0.05) is 29.3 Å². The Hall–Kier alpha value is -1.85. The van der Waals surface area contributed by atoms with Crippen molar-refractivity contribution < 1.29 is 8.42 Å². The third-order valence-corrected chi connectivity index (χ3v) is 4.92. The van der Waals surface area contributed by atoms with E-state index in [4.69, 9.17) is 11.6 Å². The van der Waals surface area contributed by atoms with Crippen molar-refractivity contribution >= 4 is 32.7 Å². The molecule has 3 aromatic rings. The van der Waals surface area contributed by atoms with Crippen LogP contribution in [0.15, 0.2) is 53.7 Å². The predicted octanol–water partition coefficient (Wildman–Crippen LogP) is 3.24. The summed E-state index contributed by atoms with van der Waals surface area (Å²) in [6.07, 6.45) is 2.92.